The van der Waals surface area contributed by atoms with Gasteiger partial charge in [0.2, 0.25) is 5.91 Å². The molecule has 3 amide bonds. The van der Waals surface area contributed by atoms with E-state index < -0.39 is 0 Å². The number of halogens is 1. The molecule has 0 unspecified atom stereocenters. The van der Waals surface area contributed by atoms with E-state index in [4.69, 9.17) is 4.74 Å². The Morgan fingerprint density at radius 3 is 2.33 bits per heavy atom. The molecule has 0 aliphatic heterocycles. The lowest BCUT2D eigenvalue weighted by Gasteiger charge is -2.28. The maximum Gasteiger partial charge on any atom is 0.322 e. The number of amides is 3. The maximum absolute atomic E-state index is 13.6. The Labute approximate surface area is 216 Å². The number of carbonyl (C=O) groups excluding carboxylic acids is 2. The SMILES string of the molecule is COCCCN(CC(=O)N(Cc1ccc(F)cc1)Cc1sccc1C)C(=O)Nc1ccc(C)c(C)c1. The molecule has 2 aromatic carbocycles. The van der Waals surface area contributed by atoms with Gasteiger partial charge in [0.05, 0.1) is 6.54 Å². The summed E-state index contributed by atoms with van der Waals surface area (Å²) < 4.78 is 18.6. The highest BCUT2D eigenvalue weighted by Crippen LogP contribution is 2.20. The van der Waals surface area contributed by atoms with E-state index in [1.54, 1.807) is 35.5 Å². The van der Waals surface area contributed by atoms with Crippen LogP contribution in [0.3, 0.4) is 0 Å². The lowest BCUT2D eigenvalue weighted by molar-refractivity contribution is -0.133. The molecule has 8 heteroatoms. The Balaban J connectivity index is 1.78. The first-order valence-electron chi connectivity index (χ1n) is 11.9. The molecule has 192 valence electrons. The highest BCUT2D eigenvalue weighted by Gasteiger charge is 2.23. The number of nitrogens with one attached hydrogen (secondary N) is 1. The summed E-state index contributed by atoms with van der Waals surface area (Å²) >= 11 is 1.59. The van der Waals surface area contributed by atoms with E-state index in [2.05, 4.69) is 5.32 Å². The average molecular weight is 512 g/mol. The monoisotopic (exact) mass is 511 g/mol. The predicted octanol–water partition coefficient (Wildman–Crippen LogP) is 5.91. The average Bonchev–Trinajstić information content (AvgIpc) is 3.26. The predicted molar refractivity (Wildman–Crippen MR) is 143 cm³/mol. The first-order chi connectivity index (χ1) is 17.3. The van der Waals surface area contributed by atoms with Crippen molar-refractivity contribution in [2.75, 3.05) is 32.1 Å². The third-order valence-corrected chi connectivity index (χ3v) is 7.10. The molecule has 1 N–H and O–H groups in total. The van der Waals surface area contributed by atoms with Crippen LogP contribution in [0.15, 0.2) is 53.9 Å². The van der Waals surface area contributed by atoms with Gasteiger partial charge >= 0.3 is 6.03 Å². The van der Waals surface area contributed by atoms with E-state index in [0.717, 1.165) is 27.1 Å². The molecule has 3 aromatic rings. The molecule has 0 fully saturated rings. The molecular formula is C28H34FN3O3S. The van der Waals surface area contributed by atoms with Crippen LogP contribution in [0.4, 0.5) is 14.9 Å². The number of rotatable bonds is 11. The number of hydrogen-bond acceptors (Lipinski definition) is 4. The van der Waals surface area contributed by atoms with Crippen LogP contribution in [0, 0.1) is 26.6 Å². The number of ether oxygens (including phenoxy) is 1. The molecular weight excluding hydrogens is 477 g/mol. The lowest BCUT2D eigenvalue weighted by Crippen LogP contribution is -2.44. The Hall–Kier alpha value is -3.23. The van der Waals surface area contributed by atoms with Gasteiger partial charge in [-0.25, -0.2) is 9.18 Å². The number of methoxy groups -OCH3 is 1. The van der Waals surface area contributed by atoms with Crippen molar-refractivity contribution in [2.45, 2.75) is 40.3 Å². The van der Waals surface area contributed by atoms with Crippen molar-refractivity contribution < 1.29 is 18.7 Å². The van der Waals surface area contributed by atoms with Crippen LogP contribution in [0.2, 0.25) is 0 Å². The minimum atomic E-state index is -0.336. The number of carbonyl (C=O) groups is 2. The molecule has 1 heterocycles. The van der Waals surface area contributed by atoms with Gasteiger partial charge in [-0.2, -0.15) is 0 Å². The van der Waals surface area contributed by atoms with Crippen LogP contribution in [0.25, 0.3) is 0 Å². The van der Waals surface area contributed by atoms with Gasteiger partial charge in [0.1, 0.15) is 12.4 Å². The van der Waals surface area contributed by atoms with Crippen LogP contribution in [-0.4, -0.2) is 48.5 Å². The zero-order valence-electron chi connectivity index (χ0n) is 21.3. The van der Waals surface area contributed by atoms with Crippen molar-refractivity contribution in [1.29, 1.82) is 0 Å². The minimum Gasteiger partial charge on any atom is -0.385 e. The second-order valence-corrected chi connectivity index (χ2v) is 9.90. The molecule has 0 aliphatic rings. The summed E-state index contributed by atoms with van der Waals surface area (Å²) in [6, 6.07) is 13.6. The lowest BCUT2D eigenvalue weighted by atomic mass is 10.1. The van der Waals surface area contributed by atoms with Crippen molar-refractivity contribution in [3.05, 3.63) is 86.9 Å². The third kappa shape index (κ3) is 7.90. The van der Waals surface area contributed by atoms with Gasteiger partial charge in [0.15, 0.2) is 0 Å². The first-order valence-corrected chi connectivity index (χ1v) is 12.8. The highest BCUT2D eigenvalue weighted by atomic mass is 32.1. The van der Waals surface area contributed by atoms with Crippen molar-refractivity contribution in [1.82, 2.24) is 9.80 Å². The summed E-state index contributed by atoms with van der Waals surface area (Å²) in [6.07, 6.45) is 0.603. The van der Waals surface area contributed by atoms with E-state index in [1.807, 2.05) is 50.4 Å². The third-order valence-electron chi connectivity index (χ3n) is 6.09. The molecule has 0 spiro atoms. The first kappa shape index (κ1) is 27.4. The zero-order chi connectivity index (χ0) is 26.1. The summed E-state index contributed by atoms with van der Waals surface area (Å²) in [5.74, 6) is -0.502. The van der Waals surface area contributed by atoms with E-state index in [-0.39, 0.29) is 24.3 Å². The molecule has 0 atom stereocenters. The fourth-order valence-electron chi connectivity index (χ4n) is 3.72. The number of urea groups is 1. The largest absolute Gasteiger partial charge is 0.385 e. The molecule has 3 rings (SSSR count). The second kappa shape index (κ2) is 13.2. The van der Waals surface area contributed by atoms with Crippen LogP contribution in [0.1, 0.15) is 33.6 Å². The molecule has 6 nitrogen and oxygen atoms in total. The second-order valence-electron chi connectivity index (χ2n) is 8.90. The summed E-state index contributed by atoms with van der Waals surface area (Å²) in [5.41, 5.74) is 4.84. The van der Waals surface area contributed by atoms with Crippen LogP contribution in [0.5, 0.6) is 0 Å². The number of benzene rings is 2. The number of nitrogens with zero attached hydrogens (tertiary/aromatic N) is 2. The topological polar surface area (TPSA) is 61.9 Å². The molecule has 0 aliphatic carbocycles. The van der Waals surface area contributed by atoms with Gasteiger partial charge < -0.3 is 19.9 Å². The molecule has 0 radical (unpaired) electrons. The van der Waals surface area contributed by atoms with Crippen molar-refractivity contribution >= 4 is 29.0 Å². The molecule has 36 heavy (non-hydrogen) atoms. The maximum atomic E-state index is 13.6. The van der Waals surface area contributed by atoms with Gasteiger partial charge in [-0.05, 0) is 85.2 Å². The van der Waals surface area contributed by atoms with E-state index in [9.17, 15) is 14.0 Å². The van der Waals surface area contributed by atoms with Gasteiger partial charge in [-0.1, -0.05) is 18.2 Å². The quantitative estimate of drug-likeness (QED) is 0.326. The minimum absolute atomic E-state index is 0.0774. The van der Waals surface area contributed by atoms with Crippen molar-refractivity contribution in [2.24, 2.45) is 0 Å². The smallest absolute Gasteiger partial charge is 0.322 e. The van der Waals surface area contributed by atoms with E-state index in [1.165, 1.54) is 17.0 Å². The van der Waals surface area contributed by atoms with E-state index >= 15 is 0 Å². The number of thiophene rings is 1. The fraction of sp³-hybridized carbons (Fsp3) is 0.357. The van der Waals surface area contributed by atoms with Crippen LogP contribution >= 0.6 is 11.3 Å². The van der Waals surface area contributed by atoms with Gasteiger partial charge in [-0.3, -0.25) is 4.79 Å². The van der Waals surface area contributed by atoms with Crippen LogP contribution in [-0.2, 0) is 22.6 Å². The Morgan fingerprint density at radius 1 is 0.944 bits per heavy atom. The van der Waals surface area contributed by atoms with Crippen molar-refractivity contribution in [3.63, 3.8) is 0 Å². The summed E-state index contributed by atoms with van der Waals surface area (Å²) in [4.78, 5) is 31.1. The van der Waals surface area contributed by atoms with Crippen molar-refractivity contribution in [3.8, 4) is 0 Å². The number of aryl methyl sites for hydroxylation is 3. The Kier molecular flexibility index (Phi) is 10.0. The zero-order valence-corrected chi connectivity index (χ0v) is 22.2. The van der Waals surface area contributed by atoms with Crippen LogP contribution < -0.4 is 5.32 Å². The Bertz CT molecular complexity index is 1160. The molecule has 0 saturated carbocycles. The normalized spacial score (nSPS) is 10.8. The van der Waals surface area contributed by atoms with E-state index in [0.29, 0.717) is 38.3 Å². The van der Waals surface area contributed by atoms with Gasteiger partial charge in [0, 0.05) is 37.4 Å². The number of anilines is 1. The Morgan fingerprint density at radius 2 is 1.69 bits per heavy atom. The molecule has 0 saturated heterocycles. The summed E-state index contributed by atoms with van der Waals surface area (Å²) in [7, 11) is 1.61. The standard InChI is InChI=1S/C28H34FN3O3S/c1-20-6-11-25(16-22(20)3)30-28(34)31(13-5-14-35-4)19-27(33)32(18-26-21(2)12-15-36-26)17-23-7-9-24(29)10-8-23/h6-12,15-16H,5,13-14,17-19H2,1-4H3,(H,30,34). The summed E-state index contributed by atoms with van der Waals surface area (Å²) in [5, 5.41) is 4.93. The molecule has 1 aromatic heterocycles. The molecule has 0 bridgehead atoms. The van der Waals surface area contributed by atoms with Gasteiger partial charge in [0.25, 0.3) is 0 Å². The number of hydrogen-bond donors (Lipinski definition) is 1. The van der Waals surface area contributed by atoms with Gasteiger partial charge in [-0.15, -0.1) is 11.3 Å². The fourth-order valence-corrected chi connectivity index (χ4v) is 4.64. The summed E-state index contributed by atoms with van der Waals surface area (Å²) in [6.45, 7) is 7.54. The highest BCUT2D eigenvalue weighted by molar-refractivity contribution is 7.10.